The van der Waals surface area contributed by atoms with E-state index in [0.717, 1.165) is 0 Å². The molecule has 0 aliphatic heterocycles. The number of likely N-dealkylation sites (N-methyl/N-ethyl adjacent to an activating group) is 1. The Bertz CT molecular complexity index is 269. The van der Waals surface area contributed by atoms with Crippen LogP contribution in [0, 0.1) is 0 Å². The summed E-state index contributed by atoms with van der Waals surface area (Å²) in [5.41, 5.74) is -0.578. The maximum atomic E-state index is 11.4. The molecule has 5 nitrogen and oxygen atoms in total. The Morgan fingerprint density at radius 2 is 2.00 bits per heavy atom. The van der Waals surface area contributed by atoms with Gasteiger partial charge >= 0.3 is 6.09 Å². The van der Waals surface area contributed by atoms with Gasteiger partial charge in [0.15, 0.2) is 0 Å². The van der Waals surface area contributed by atoms with Gasteiger partial charge in [-0.1, -0.05) is 6.08 Å². The minimum Gasteiger partial charge on any atom is -0.444 e. The van der Waals surface area contributed by atoms with Gasteiger partial charge in [0.25, 0.3) is 0 Å². The van der Waals surface area contributed by atoms with E-state index in [1.807, 2.05) is 0 Å². The fourth-order valence-corrected chi connectivity index (χ4v) is 1.02. The summed E-state index contributed by atoms with van der Waals surface area (Å²) in [6.07, 6.45) is 1.32. The van der Waals surface area contributed by atoms with Crippen molar-refractivity contribution < 1.29 is 14.3 Å². The second-order valence-corrected chi connectivity index (χ2v) is 4.34. The third kappa shape index (κ3) is 6.06. The van der Waals surface area contributed by atoms with E-state index in [1.54, 1.807) is 26.8 Å². The molecule has 0 aromatic heterocycles. The van der Waals surface area contributed by atoms with Gasteiger partial charge in [-0.15, -0.1) is 6.58 Å². The first-order chi connectivity index (χ1) is 7.30. The molecular weight excluding hydrogens is 208 g/mol. The van der Waals surface area contributed by atoms with Crippen molar-refractivity contribution in [3.05, 3.63) is 12.7 Å². The SMILES string of the molecule is C=CC[C@H](NC(=O)OC(C)(C)C)C(=O)NC. The lowest BCUT2D eigenvalue weighted by Gasteiger charge is -2.22. The van der Waals surface area contributed by atoms with Crippen molar-refractivity contribution in [3.63, 3.8) is 0 Å². The van der Waals surface area contributed by atoms with E-state index in [4.69, 9.17) is 4.74 Å². The Labute approximate surface area is 96.2 Å². The molecule has 16 heavy (non-hydrogen) atoms. The van der Waals surface area contributed by atoms with Gasteiger partial charge in [-0.05, 0) is 27.2 Å². The molecule has 0 saturated heterocycles. The van der Waals surface area contributed by atoms with Crippen molar-refractivity contribution in [3.8, 4) is 0 Å². The van der Waals surface area contributed by atoms with Crippen LogP contribution in [-0.2, 0) is 9.53 Å². The summed E-state index contributed by atoms with van der Waals surface area (Å²) in [6.45, 7) is 8.80. The summed E-state index contributed by atoms with van der Waals surface area (Å²) in [6, 6.07) is -0.641. The molecule has 0 saturated carbocycles. The molecule has 0 bridgehead atoms. The average molecular weight is 228 g/mol. The maximum absolute atomic E-state index is 11.4. The Morgan fingerprint density at radius 1 is 1.44 bits per heavy atom. The summed E-state index contributed by atoms with van der Waals surface area (Å²) < 4.78 is 5.04. The molecule has 0 heterocycles. The Morgan fingerprint density at radius 3 is 2.38 bits per heavy atom. The van der Waals surface area contributed by atoms with Crippen LogP contribution in [0.25, 0.3) is 0 Å². The first kappa shape index (κ1) is 14.5. The van der Waals surface area contributed by atoms with Crippen LogP contribution in [0.15, 0.2) is 12.7 Å². The normalized spacial score (nSPS) is 12.5. The van der Waals surface area contributed by atoms with Gasteiger partial charge in [0, 0.05) is 7.05 Å². The zero-order valence-electron chi connectivity index (χ0n) is 10.3. The molecule has 2 amide bonds. The third-order valence-electron chi connectivity index (χ3n) is 1.66. The third-order valence-corrected chi connectivity index (χ3v) is 1.66. The predicted molar refractivity (Wildman–Crippen MR) is 62.0 cm³/mol. The molecule has 0 aliphatic rings. The molecule has 2 N–H and O–H groups in total. The highest BCUT2D eigenvalue weighted by atomic mass is 16.6. The first-order valence-electron chi connectivity index (χ1n) is 5.12. The Kier molecular flexibility index (Phi) is 5.56. The molecule has 0 radical (unpaired) electrons. The number of carbonyl (C=O) groups is 2. The number of amides is 2. The number of alkyl carbamates (subject to hydrolysis) is 1. The molecule has 5 heteroatoms. The van der Waals surface area contributed by atoms with E-state index in [2.05, 4.69) is 17.2 Å². The Balaban J connectivity index is 4.34. The fourth-order valence-electron chi connectivity index (χ4n) is 1.02. The van der Waals surface area contributed by atoms with E-state index < -0.39 is 17.7 Å². The molecule has 0 fully saturated rings. The van der Waals surface area contributed by atoms with Gasteiger partial charge < -0.3 is 15.4 Å². The molecule has 0 rings (SSSR count). The van der Waals surface area contributed by atoms with E-state index in [-0.39, 0.29) is 5.91 Å². The van der Waals surface area contributed by atoms with Crippen LogP contribution in [0.5, 0.6) is 0 Å². The molecule has 1 atom stereocenters. The number of carbonyl (C=O) groups excluding carboxylic acids is 2. The van der Waals surface area contributed by atoms with Crippen LogP contribution in [0.3, 0.4) is 0 Å². The molecule has 0 spiro atoms. The van der Waals surface area contributed by atoms with E-state index in [1.165, 1.54) is 7.05 Å². The van der Waals surface area contributed by atoms with Gasteiger partial charge in [0.05, 0.1) is 0 Å². The van der Waals surface area contributed by atoms with Crippen LogP contribution in [0.4, 0.5) is 4.79 Å². The highest BCUT2D eigenvalue weighted by Crippen LogP contribution is 2.07. The molecular formula is C11H20N2O3. The molecule has 0 unspecified atom stereocenters. The lowest BCUT2D eigenvalue weighted by molar-refractivity contribution is -0.122. The summed E-state index contributed by atoms with van der Waals surface area (Å²) in [5, 5.41) is 4.94. The topological polar surface area (TPSA) is 67.4 Å². The lowest BCUT2D eigenvalue weighted by Crippen LogP contribution is -2.47. The first-order valence-corrected chi connectivity index (χ1v) is 5.12. The van der Waals surface area contributed by atoms with E-state index in [9.17, 15) is 9.59 Å². The summed E-state index contributed by atoms with van der Waals surface area (Å²) in [7, 11) is 1.51. The highest BCUT2D eigenvalue weighted by Gasteiger charge is 2.22. The van der Waals surface area contributed by atoms with Crippen LogP contribution in [-0.4, -0.2) is 30.7 Å². The van der Waals surface area contributed by atoms with Crippen molar-refractivity contribution in [2.24, 2.45) is 0 Å². The number of nitrogens with one attached hydrogen (secondary N) is 2. The number of hydrogen-bond donors (Lipinski definition) is 2. The van der Waals surface area contributed by atoms with Crippen molar-refractivity contribution in [1.29, 1.82) is 0 Å². The van der Waals surface area contributed by atoms with Crippen molar-refractivity contribution in [1.82, 2.24) is 10.6 Å². The predicted octanol–water partition coefficient (Wildman–Crippen LogP) is 1.20. The standard InChI is InChI=1S/C11H20N2O3/c1-6-7-8(9(14)12-5)13-10(15)16-11(2,3)4/h6,8H,1,7H2,2-5H3,(H,12,14)(H,13,15)/t8-/m0/s1. The average Bonchev–Trinajstić information content (AvgIpc) is 2.13. The van der Waals surface area contributed by atoms with Crippen molar-refractivity contribution in [2.75, 3.05) is 7.05 Å². The minimum atomic E-state index is -0.641. The fraction of sp³-hybridized carbons (Fsp3) is 0.636. The van der Waals surface area contributed by atoms with Gasteiger partial charge in [0.1, 0.15) is 11.6 Å². The number of hydrogen-bond acceptors (Lipinski definition) is 3. The largest absolute Gasteiger partial charge is 0.444 e. The molecule has 92 valence electrons. The van der Waals surface area contributed by atoms with Crippen LogP contribution in [0.1, 0.15) is 27.2 Å². The smallest absolute Gasteiger partial charge is 0.408 e. The van der Waals surface area contributed by atoms with Gasteiger partial charge in [-0.25, -0.2) is 4.79 Å². The van der Waals surface area contributed by atoms with E-state index in [0.29, 0.717) is 6.42 Å². The van der Waals surface area contributed by atoms with Gasteiger partial charge in [-0.2, -0.15) is 0 Å². The van der Waals surface area contributed by atoms with Gasteiger partial charge in [-0.3, -0.25) is 4.79 Å². The van der Waals surface area contributed by atoms with Crippen LogP contribution >= 0.6 is 0 Å². The lowest BCUT2D eigenvalue weighted by atomic mass is 10.2. The summed E-state index contributed by atoms with van der Waals surface area (Å²) in [4.78, 5) is 22.8. The number of ether oxygens (including phenoxy) is 1. The Hall–Kier alpha value is -1.52. The zero-order valence-corrected chi connectivity index (χ0v) is 10.3. The molecule has 0 aliphatic carbocycles. The quantitative estimate of drug-likeness (QED) is 0.710. The molecule has 0 aromatic rings. The monoisotopic (exact) mass is 228 g/mol. The second kappa shape index (κ2) is 6.15. The minimum absolute atomic E-state index is 0.272. The number of rotatable bonds is 4. The summed E-state index contributed by atoms with van der Waals surface area (Å²) >= 11 is 0. The van der Waals surface area contributed by atoms with E-state index >= 15 is 0 Å². The zero-order chi connectivity index (χ0) is 12.8. The second-order valence-electron chi connectivity index (χ2n) is 4.34. The summed E-state index contributed by atoms with van der Waals surface area (Å²) in [5.74, 6) is -0.272. The van der Waals surface area contributed by atoms with Crippen LogP contribution in [0.2, 0.25) is 0 Å². The van der Waals surface area contributed by atoms with Crippen LogP contribution < -0.4 is 10.6 Å². The molecule has 0 aromatic carbocycles. The van der Waals surface area contributed by atoms with Gasteiger partial charge in [0.2, 0.25) is 5.91 Å². The maximum Gasteiger partial charge on any atom is 0.408 e. The van der Waals surface area contributed by atoms with Crippen molar-refractivity contribution in [2.45, 2.75) is 38.8 Å². The van der Waals surface area contributed by atoms with Crippen molar-refractivity contribution >= 4 is 12.0 Å². The highest BCUT2D eigenvalue weighted by molar-refractivity contribution is 5.85.